The van der Waals surface area contributed by atoms with Crippen molar-refractivity contribution >= 4 is 29.6 Å². The average molecular weight is 533 g/mol. The van der Waals surface area contributed by atoms with Gasteiger partial charge in [-0.15, -0.1) is 0 Å². The summed E-state index contributed by atoms with van der Waals surface area (Å²) in [5.41, 5.74) is 0.409. The molecule has 1 spiro atoms. The predicted molar refractivity (Wildman–Crippen MR) is 134 cm³/mol. The van der Waals surface area contributed by atoms with Crippen molar-refractivity contribution in [3.05, 3.63) is 29.3 Å². The Morgan fingerprint density at radius 3 is 2.53 bits per heavy atom. The Morgan fingerprint density at radius 2 is 1.84 bits per heavy atom. The molecule has 0 radical (unpaired) electrons. The number of ether oxygens (including phenoxy) is 1. The third-order valence-corrected chi connectivity index (χ3v) is 8.75. The number of benzene rings is 1. The van der Waals surface area contributed by atoms with Crippen LogP contribution in [-0.2, 0) is 26.3 Å². The Balaban J connectivity index is 1.32. The minimum atomic E-state index is -2.65. The van der Waals surface area contributed by atoms with Crippen LogP contribution < -0.4 is 10.6 Å². The molecule has 2 heterocycles. The van der Waals surface area contributed by atoms with Crippen molar-refractivity contribution in [1.82, 2.24) is 15.1 Å². The van der Waals surface area contributed by atoms with Crippen LogP contribution in [0.2, 0.25) is 0 Å². The molecule has 206 valence electrons. The minimum absolute atomic E-state index is 0.0120. The molecular weight excluding hydrogens is 498 g/mol. The van der Waals surface area contributed by atoms with E-state index in [2.05, 4.69) is 10.6 Å². The van der Waals surface area contributed by atoms with Gasteiger partial charge in [-0.1, -0.05) is 13.0 Å². The fourth-order valence-corrected chi connectivity index (χ4v) is 6.75. The summed E-state index contributed by atoms with van der Waals surface area (Å²) in [6.07, 6.45) is 2.47. The highest BCUT2D eigenvalue weighted by Crippen LogP contribution is 2.47. The number of anilines is 1. The summed E-state index contributed by atoms with van der Waals surface area (Å²) in [5, 5.41) is 5.16. The number of carbonyl (C=O) groups is 4. The van der Waals surface area contributed by atoms with Crippen molar-refractivity contribution < 1.29 is 32.7 Å². The third kappa shape index (κ3) is 4.49. The number of nitrogens with one attached hydrogen (secondary N) is 2. The fourth-order valence-electron chi connectivity index (χ4n) is 6.75. The number of alkyl halides is 2. The molecule has 9 nitrogen and oxygen atoms in total. The van der Waals surface area contributed by atoms with E-state index in [0.29, 0.717) is 36.9 Å². The van der Waals surface area contributed by atoms with Crippen LogP contribution in [0, 0.1) is 5.92 Å². The van der Waals surface area contributed by atoms with Gasteiger partial charge in [-0.05, 0) is 62.1 Å². The molecule has 2 saturated heterocycles. The first-order chi connectivity index (χ1) is 18.1. The maximum absolute atomic E-state index is 13.8. The van der Waals surface area contributed by atoms with Gasteiger partial charge in [0.1, 0.15) is 6.54 Å². The third-order valence-electron chi connectivity index (χ3n) is 8.75. The molecule has 0 bridgehead atoms. The van der Waals surface area contributed by atoms with Gasteiger partial charge in [0.2, 0.25) is 17.4 Å². The molecule has 2 N–H and O–H groups in total. The number of hydrogen-bond donors (Lipinski definition) is 2. The SMILES string of the molecule is CC[C@H]1CC[C@@H](C2CCC(F)(F)CC2)N1C(=O)CN1C(=O)OC2(CCc3cc(NC(=O)NC)ccc32)C1=O. The monoisotopic (exact) mass is 532 g/mol. The lowest BCUT2D eigenvalue weighted by molar-refractivity contribution is -0.144. The first-order valence-corrected chi connectivity index (χ1v) is 13.4. The summed E-state index contributed by atoms with van der Waals surface area (Å²) in [6, 6.07) is 4.48. The molecule has 38 heavy (non-hydrogen) atoms. The van der Waals surface area contributed by atoms with E-state index in [9.17, 15) is 28.0 Å². The quantitative estimate of drug-likeness (QED) is 0.592. The highest BCUT2D eigenvalue weighted by atomic mass is 19.3. The molecule has 0 aromatic heterocycles. The summed E-state index contributed by atoms with van der Waals surface area (Å²) in [5.74, 6) is -3.57. The van der Waals surface area contributed by atoms with E-state index in [-0.39, 0.29) is 49.2 Å². The maximum Gasteiger partial charge on any atom is 0.418 e. The molecule has 4 aliphatic rings. The van der Waals surface area contributed by atoms with E-state index in [0.717, 1.165) is 23.3 Å². The van der Waals surface area contributed by atoms with E-state index in [1.807, 2.05) is 6.92 Å². The van der Waals surface area contributed by atoms with Gasteiger partial charge in [0, 0.05) is 49.6 Å². The maximum atomic E-state index is 13.8. The summed E-state index contributed by atoms with van der Waals surface area (Å²) < 4.78 is 33.2. The van der Waals surface area contributed by atoms with E-state index in [4.69, 9.17) is 4.74 Å². The molecule has 5 rings (SSSR count). The van der Waals surface area contributed by atoms with Gasteiger partial charge in [0.05, 0.1) is 0 Å². The molecule has 1 saturated carbocycles. The summed E-state index contributed by atoms with van der Waals surface area (Å²) in [4.78, 5) is 54.5. The van der Waals surface area contributed by atoms with Gasteiger partial charge in [0.15, 0.2) is 0 Å². The molecule has 2 aliphatic heterocycles. The van der Waals surface area contributed by atoms with E-state index < -0.39 is 30.1 Å². The summed E-state index contributed by atoms with van der Waals surface area (Å²) >= 11 is 0. The Labute approximate surface area is 220 Å². The van der Waals surface area contributed by atoms with Crippen molar-refractivity contribution in [2.45, 2.75) is 88.3 Å². The van der Waals surface area contributed by atoms with Gasteiger partial charge in [-0.3, -0.25) is 9.59 Å². The first kappa shape index (κ1) is 26.4. The molecule has 5 amide bonds. The molecule has 3 fully saturated rings. The number of urea groups is 1. The van der Waals surface area contributed by atoms with Crippen molar-refractivity contribution in [3.63, 3.8) is 0 Å². The van der Waals surface area contributed by atoms with Crippen molar-refractivity contribution in [3.8, 4) is 0 Å². The second-order valence-corrected chi connectivity index (χ2v) is 10.9. The van der Waals surface area contributed by atoms with Crippen molar-refractivity contribution in [1.29, 1.82) is 0 Å². The van der Waals surface area contributed by atoms with E-state index >= 15 is 0 Å². The van der Waals surface area contributed by atoms with Crippen LogP contribution in [0.5, 0.6) is 0 Å². The number of nitrogens with zero attached hydrogens (tertiary/aromatic N) is 2. The van der Waals surface area contributed by atoms with Gasteiger partial charge in [-0.25, -0.2) is 23.3 Å². The zero-order valence-electron chi connectivity index (χ0n) is 21.7. The second-order valence-electron chi connectivity index (χ2n) is 10.9. The van der Waals surface area contributed by atoms with Crippen LogP contribution in [0.1, 0.15) is 69.4 Å². The van der Waals surface area contributed by atoms with Gasteiger partial charge in [-0.2, -0.15) is 0 Å². The second kappa shape index (κ2) is 9.81. The summed E-state index contributed by atoms with van der Waals surface area (Å²) in [6.45, 7) is 1.55. The lowest BCUT2D eigenvalue weighted by Crippen LogP contribution is -2.51. The largest absolute Gasteiger partial charge is 0.427 e. The smallest absolute Gasteiger partial charge is 0.418 e. The molecule has 1 unspecified atom stereocenters. The van der Waals surface area contributed by atoms with Crippen LogP contribution in [0.25, 0.3) is 0 Å². The van der Waals surface area contributed by atoms with Crippen LogP contribution >= 0.6 is 0 Å². The number of carbonyl (C=O) groups excluding carboxylic acids is 4. The minimum Gasteiger partial charge on any atom is -0.427 e. The van der Waals surface area contributed by atoms with E-state index in [1.165, 1.54) is 7.05 Å². The number of rotatable bonds is 5. The Hall–Kier alpha value is -3.24. The van der Waals surface area contributed by atoms with Crippen LogP contribution in [0.3, 0.4) is 0 Å². The fraction of sp³-hybridized carbons (Fsp3) is 0.630. The zero-order valence-corrected chi connectivity index (χ0v) is 21.7. The highest BCUT2D eigenvalue weighted by molar-refractivity contribution is 6.06. The topological polar surface area (TPSA) is 108 Å². The Morgan fingerprint density at radius 1 is 1.11 bits per heavy atom. The lowest BCUT2D eigenvalue weighted by atomic mass is 9.81. The number of fused-ring (bicyclic) bond motifs is 2. The first-order valence-electron chi connectivity index (χ1n) is 13.4. The molecule has 3 atom stereocenters. The molecule has 11 heteroatoms. The molecule has 2 aliphatic carbocycles. The molecule has 1 aromatic rings. The summed E-state index contributed by atoms with van der Waals surface area (Å²) in [7, 11) is 1.50. The molecular formula is C27H34F2N4O5. The zero-order chi connectivity index (χ0) is 27.2. The average Bonchev–Trinajstić information content (AvgIpc) is 3.55. The number of amides is 5. The van der Waals surface area contributed by atoms with Gasteiger partial charge in [0.25, 0.3) is 5.91 Å². The number of imide groups is 1. The number of hydrogen-bond acceptors (Lipinski definition) is 5. The lowest BCUT2D eigenvalue weighted by Gasteiger charge is -2.38. The van der Waals surface area contributed by atoms with Crippen LogP contribution in [-0.4, -0.2) is 65.3 Å². The van der Waals surface area contributed by atoms with Gasteiger partial charge < -0.3 is 20.3 Å². The normalized spacial score (nSPS) is 28.5. The van der Waals surface area contributed by atoms with E-state index in [1.54, 1.807) is 23.1 Å². The standard InChI is InChI=1S/C27H34F2N4O5/c1-3-19-5-7-21(16-8-11-26(28,29)12-9-16)33(19)22(34)15-32-23(35)27(38-25(32)37)13-10-17-14-18(4-6-20(17)27)31-24(36)30-2/h4,6,14,16,19,21H,3,5,7-13,15H2,1-2H3,(H2,30,31,36)/t19-,21-,27?/m0/s1. The van der Waals surface area contributed by atoms with Crippen molar-refractivity contribution in [2.24, 2.45) is 5.92 Å². The van der Waals surface area contributed by atoms with Crippen LogP contribution in [0.4, 0.5) is 24.1 Å². The number of halogens is 2. The molecule has 1 aromatic carbocycles. The van der Waals surface area contributed by atoms with Gasteiger partial charge >= 0.3 is 12.1 Å². The number of likely N-dealkylation sites (tertiary alicyclic amines) is 1. The van der Waals surface area contributed by atoms with Crippen molar-refractivity contribution in [2.75, 3.05) is 18.9 Å². The highest BCUT2D eigenvalue weighted by Gasteiger charge is 2.59. The predicted octanol–water partition coefficient (Wildman–Crippen LogP) is 4.15. The van der Waals surface area contributed by atoms with Crippen LogP contribution in [0.15, 0.2) is 18.2 Å². The Kier molecular flexibility index (Phi) is 6.81. The number of aryl methyl sites for hydroxylation is 1. The Bertz CT molecular complexity index is 1150.